The van der Waals surface area contributed by atoms with Crippen LogP contribution in [0, 0.1) is 0 Å². The van der Waals surface area contributed by atoms with Crippen molar-refractivity contribution in [3.63, 3.8) is 0 Å². The smallest absolute Gasteiger partial charge is 0.355 e. The molecule has 2 aromatic rings. The first-order chi connectivity index (χ1) is 10.0. The molecule has 0 saturated heterocycles. The first-order valence-corrected chi connectivity index (χ1v) is 6.65. The van der Waals surface area contributed by atoms with Crippen molar-refractivity contribution in [2.45, 2.75) is 0 Å². The van der Waals surface area contributed by atoms with Crippen LogP contribution in [0.1, 0.15) is 20.3 Å². The van der Waals surface area contributed by atoms with E-state index in [-0.39, 0.29) is 10.7 Å². The second-order valence-electron chi connectivity index (χ2n) is 3.86. The maximum Gasteiger partial charge on any atom is 0.355 e. The number of anilines is 1. The molecule has 0 fully saturated rings. The minimum atomic E-state index is -1.17. The number of hydrogen-bond acceptors (Lipinski definition) is 6. The molecule has 0 spiro atoms. The Kier molecular flexibility index (Phi) is 4.39. The normalized spacial score (nSPS) is 10.0. The fourth-order valence-corrected chi connectivity index (χ4v) is 2.24. The van der Waals surface area contributed by atoms with E-state index in [1.54, 1.807) is 18.2 Å². The molecule has 1 aromatic carbocycles. The molecule has 0 aliphatic rings. The van der Waals surface area contributed by atoms with Gasteiger partial charge < -0.3 is 19.9 Å². The number of carboxylic acids is 1. The predicted octanol–water partition coefficient (Wildman–Crippen LogP) is 2.11. The first kappa shape index (κ1) is 14.8. The maximum atomic E-state index is 12.0. The lowest BCUT2D eigenvalue weighted by Gasteiger charge is -2.10. The number of amides is 1. The molecule has 0 saturated carbocycles. The molecule has 2 rings (SSSR count). The maximum absolute atomic E-state index is 12.0. The number of methoxy groups -OCH3 is 2. The number of nitrogens with one attached hydrogen (secondary N) is 1. The van der Waals surface area contributed by atoms with Gasteiger partial charge in [0.25, 0.3) is 5.91 Å². The topological polar surface area (TPSA) is 97.8 Å². The highest BCUT2D eigenvalue weighted by molar-refractivity contribution is 7.12. The van der Waals surface area contributed by atoms with Gasteiger partial charge in [0, 0.05) is 11.4 Å². The molecule has 0 aliphatic carbocycles. The van der Waals surface area contributed by atoms with Gasteiger partial charge in [-0.15, -0.1) is 11.3 Å². The fourth-order valence-electron chi connectivity index (χ4n) is 1.55. The second kappa shape index (κ2) is 6.23. The molecule has 0 radical (unpaired) electrons. The first-order valence-electron chi connectivity index (χ1n) is 5.77. The van der Waals surface area contributed by atoms with E-state index in [0.717, 1.165) is 11.3 Å². The van der Waals surface area contributed by atoms with E-state index in [2.05, 4.69) is 10.3 Å². The summed E-state index contributed by atoms with van der Waals surface area (Å²) >= 11 is 0.957. The highest BCUT2D eigenvalue weighted by Gasteiger charge is 2.16. The SMILES string of the molecule is COc1ccc(NC(=O)c2nc(C(=O)O)cs2)c(OC)c1. The number of hydrogen-bond donors (Lipinski definition) is 2. The van der Waals surface area contributed by atoms with Gasteiger partial charge in [0.05, 0.1) is 19.9 Å². The molecule has 1 aromatic heterocycles. The van der Waals surface area contributed by atoms with E-state index >= 15 is 0 Å². The van der Waals surface area contributed by atoms with Crippen molar-refractivity contribution in [2.24, 2.45) is 0 Å². The minimum absolute atomic E-state index is 0.0604. The summed E-state index contributed by atoms with van der Waals surface area (Å²) in [6.45, 7) is 0. The number of aromatic nitrogens is 1. The van der Waals surface area contributed by atoms with E-state index in [0.29, 0.717) is 17.2 Å². The Labute approximate surface area is 124 Å². The van der Waals surface area contributed by atoms with Crippen LogP contribution in [0.3, 0.4) is 0 Å². The number of ether oxygens (including phenoxy) is 2. The summed E-state index contributed by atoms with van der Waals surface area (Å²) in [5.74, 6) is -0.659. The summed E-state index contributed by atoms with van der Waals surface area (Å²) in [5, 5.41) is 12.8. The average Bonchev–Trinajstić information content (AvgIpc) is 2.97. The fraction of sp³-hybridized carbons (Fsp3) is 0.154. The largest absolute Gasteiger partial charge is 0.497 e. The van der Waals surface area contributed by atoms with Crippen molar-refractivity contribution < 1.29 is 24.2 Å². The molecular formula is C13H12N2O5S. The zero-order valence-electron chi connectivity index (χ0n) is 11.2. The van der Waals surface area contributed by atoms with Crippen molar-refractivity contribution >= 4 is 28.9 Å². The average molecular weight is 308 g/mol. The molecule has 21 heavy (non-hydrogen) atoms. The van der Waals surface area contributed by atoms with E-state index < -0.39 is 11.9 Å². The zero-order chi connectivity index (χ0) is 15.4. The Hall–Kier alpha value is -2.61. The number of thiazole rings is 1. The summed E-state index contributed by atoms with van der Waals surface area (Å²) < 4.78 is 10.2. The van der Waals surface area contributed by atoms with Crippen LogP contribution < -0.4 is 14.8 Å². The van der Waals surface area contributed by atoms with Crippen molar-refractivity contribution in [1.82, 2.24) is 4.98 Å². The molecule has 0 atom stereocenters. The lowest BCUT2D eigenvalue weighted by Crippen LogP contribution is -2.13. The van der Waals surface area contributed by atoms with Gasteiger partial charge >= 0.3 is 5.97 Å². The van der Waals surface area contributed by atoms with Crippen LogP contribution in [0.5, 0.6) is 11.5 Å². The minimum Gasteiger partial charge on any atom is -0.497 e. The molecule has 0 unspecified atom stereocenters. The van der Waals surface area contributed by atoms with Gasteiger partial charge in [0.2, 0.25) is 0 Å². The van der Waals surface area contributed by atoms with Gasteiger partial charge in [-0.1, -0.05) is 0 Å². The Bertz CT molecular complexity index is 683. The molecular weight excluding hydrogens is 296 g/mol. The molecule has 110 valence electrons. The molecule has 0 bridgehead atoms. The molecule has 7 nitrogen and oxygen atoms in total. The highest BCUT2D eigenvalue weighted by Crippen LogP contribution is 2.29. The van der Waals surface area contributed by atoms with Gasteiger partial charge in [-0.2, -0.15) is 0 Å². The monoisotopic (exact) mass is 308 g/mol. The van der Waals surface area contributed by atoms with Crippen LogP contribution in [-0.4, -0.2) is 36.2 Å². The Morgan fingerprint density at radius 2 is 2.05 bits per heavy atom. The van der Waals surface area contributed by atoms with Gasteiger partial charge in [0.1, 0.15) is 11.5 Å². The lowest BCUT2D eigenvalue weighted by atomic mass is 10.2. The predicted molar refractivity (Wildman–Crippen MR) is 76.6 cm³/mol. The Morgan fingerprint density at radius 3 is 2.62 bits per heavy atom. The number of carboxylic acid groups (broad SMARTS) is 1. The third-order valence-corrected chi connectivity index (χ3v) is 3.42. The van der Waals surface area contributed by atoms with Crippen LogP contribution in [0.15, 0.2) is 23.6 Å². The number of rotatable bonds is 5. The van der Waals surface area contributed by atoms with Gasteiger partial charge in [-0.3, -0.25) is 4.79 Å². The van der Waals surface area contributed by atoms with Crippen LogP contribution in [-0.2, 0) is 0 Å². The zero-order valence-corrected chi connectivity index (χ0v) is 12.1. The lowest BCUT2D eigenvalue weighted by molar-refractivity contribution is 0.0691. The van der Waals surface area contributed by atoms with Crippen LogP contribution in [0.25, 0.3) is 0 Å². The van der Waals surface area contributed by atoms with Gasteiger partial charge in [-0.25, -0.2) is 9.78 Å². The van der Waals surface area contributed by atoms with E-state index in [1.807, 2.05) is 0 Å². The third-order valence-electron chi connectivity index (χ3n) is 2.57. The molecule has 0 aliphatic heterocycles. The van der Waals surface area contributed by atoms with Crippen molar-refractivity contribution in [3.8, 4) is 11.5 Å². The standard InChI is InChI=1S/C13H12N2O5S/c1-19-7-3-4-8(10(5-7)20-2)14-11(16)12-15-9(6-21-12)13(17)18/h3-6H,1-2H3,(H,14,16)(H,17,18). The van der Waals surface area contributed by atoms with Crippen molar-refractivity contribution in [3.05, 3.63) is 34.3 Å². The van der Waals surface area contributed by atoms with Gasteiger partial charge in [-0.05, 0) is 12.1 Å². The van der Waals surface area contributed by atoms with E-state index in [1.165, 1.54) is 19.6 Å². The summed E-state index contributed by atoms with van der Waals surface area (Å²) in [4.78, 5) is 26.5. The highest BCUT2D eigenvalue weighted by atomic mass is 32.1. The van der Waals surface area contributed by atoms with Gasteiger partial charge in [0.15, 0.2) is 10.7 Å². The molecule has 1 amide bonds. The van der Waals surface area contributed by atoms with Crippen molar-refractivity contribution in [2.75, 3.05) is 19.5 Å². The number of carbonyl (C=O) groups excluding carboxylic acids is 1. The Morgan fingerprint density at radius 1 is 1.29 bits per heavy atom. The summed E-state index contributed by atoms with van der Waals surface area (Å²) in [6.07, 6.45) is 0. The third kappa shape index (κ3) is 3.29. The summed E-state index contributed by atoms with van der Waals surface area (Å²) in [6, 6.07) is 4.92. The number of benzene rings is 1. The molecule has 8 heteroatoms. The molecule has 2 N–H and O–H groups in total. The van der Waals surface area contributed by atoms with Crippen LogP contribution in [0.2, 0.25) is 0 Å². The summed E-state index contributed by atoms with van der Waals surface area (Å²) in [5.41, 5.74) is 0.280. The Balaban J connectivity index is 2.20. The number of carbonyl (C=O) groups is 2. The number of nitrogens with zero attached hydrogens (tertiary/aromatic N) is 1. The van der Waals surface area contributed by atoms with Crippen LogP contribution >= 0.6 is 11.3 Å². The van der Waals surface area contributed by atoms with Crippen molar-refractivity contribution in [1.29, 1.82) is 0 Å². The number of aromatic carboxylic acids is 1. The molecule has 1 heterocycles. The summed E-state index contributed by atoms with van der Waals surface area (Å²) in [7, 11) is 2.99. The second-order valence-corrected chi connectivity index (χ2v) is 4.72. The van der Waals surface area contributed by atoms with Crippen LogP contribution in [0.4, 0.5) is 5.69 Å². The van der Waals surface area contributed by atoms with E-state index in [4.69, 9.17) is 14.6 Å². The van der Waals surface area contributed by atoms with E-state index in [9.17, 15) is 9.59 Å². The quantitative estimate of drug-likeness (QED) is 0.878.